The van der Waals surface area contributed by atoms with Gasteiger partial charge in [-0.25, -0.2) is 15.0 Å². The van der Waals surface area contributed by atoms with Crippen LogP contribution in [0.2, 0.25) is 0 Å². The first kappa shape index (κ1) is 19.9. The fourth-order valence-electron chi connectivity index (χ4n) is 5.15. The molecule has 4 aromatic rings. The number of H-pyrrole nitrogens is 2. The molecule has 3 aromatic heterocycles. The molecule has 1 aliphatic carbocycles. The maximum atomic E-state index is 13.2. The summed E-state index contributed by atoms with van der Waals surface area (Å²) in [6, 6.07) is 7.97. The molecule has 0 amide bonds. The molecule has 0 saturated carbocycles. The monoisotopic (exact) mass is 443 g/mol. The lowest BCUT2D eigenvalue weighted by atomic mass is 9.80. The van der Waals surface area contributed by atoms with Crippen LogP contribution in [-0.2, 0) is 12.8 Å². The maximum Gasteiger partial charge on any atom is 0.166 e. The van der Waals surface area contributed by atoms with Crippen LogP contribution in [0.4, 0.5) is 5.82 Å². The van der Waals surface area contributed by atoms with Crippen molar-refractivity contribution in [2.75, 3.05) is 18.1 Å². The van der Waals surface area contributed by atoms with Gasteiger partial charge in [0.1, 0.15) is 24.2 Å². The highest BCUT2D eigenvalue weighted by Crippen LogP contribution is 2.34. The van der Waals surface area contributed by atoms with E-state index in [0.717, 1.165) is 71.8 Å². The molecule has 0 radical (unpaired) electrons. The smallest absolute Gasteiger partial charge is 0.166 e. The summed E-state index contributed by atoms with van der Waals surface area (Å²) in [5.41, 5.74) is 4.28. The van der Waals surface area contributed by atoms with Gasteiger partial charge in [0.15, 0.2) is 17.2 Å². The van der Waals surface area contributed by atoms with Gasteiger partial charge in [-0.1, -0.05) is 12.1 Å². The normalized spacial score (nSPS) is 20.4. The SMILES string of the molecule is O=C1c2cccc(OCC3CCCN3c3ncnc4[nH]cnc34)c2CCC1Cc1cc[nH]n1. The van der Waals surface area contributed by atoms with Crippen LogP contribution >= 0.6 is 0 Å². The Kier molecular flexibility index (Phi) is 5.01. The van der Waals surface area contributed by atoms with Crippen LogP contribution in [0.3, 0.4) is 0 Å². The van der Waals surface area contributed by atoms with Gasteiger partial charge >= 0.3 is 0 Å². The molecule has 4 heterocycles. The van der Waals surface area contributed by atoms with Crippen LogP contribution in [0.5, 0.6) is 5.75 Å². The van der Waals surface area contributed by atoms with Gasteiger partial charge in [0.25, 0.3) is 0 Å². The Balaban J connectivity index is 1.19. The second-order valence-corrected chi connectivity index (χ2v) is 8.75. The second kappa shape index (κ2) is 8.31. The van der Waals surface area contributed by atoms with Crippen molar-refractivity contribution in [1.29, 1.82) is 0 Å². The summed E-state index contributed by atoms with van der Waals surface area (Å²) in [6.45, 7) is 1.45. The second-order valence-electron chi connectivity index (χ2n) is 8.75. The number of carbonyl (C=O) groups excluding carboxylic acids is 1. The molecule has 0 bridgehead atoms. The van der Waals surface area contributed by atoms with Gasteiger partial charge in [0.2, 0.25) is 0 Å². The maximum absolute atomic E-state index is 13.2. The third-order valence-electron chi connectivity index (χ3n) is 6.80. The van der Waals surface area contributed by atoms with Gasteiger partial charge in [0.05, 0.1) is 18.1 Å². The lowest BCUT2D eigenvalue weighted by Gasteiger charge is -2.28. The van der Waals surface area contributed by atoms with Crippen molar-refractivity contribution in [3.63, 3.8) is 0 Å². The van der Waals surface area contributed by atoms with E-state index in [1.807, 2.05) is 24.3 Å². The Morgan fingerprint density at radius 1 is 1.15 bits per heavy atom. The number of benzene rings is 1. The van der Waals surface area contributed by atoms with E-state index in [4.69, 9.17) is 4.74 Å². The topological polar surface area (TPSA) is 113 Å². The number of Topliss-reactive ketones (excluding diaryl/α,β-unsaturated/α-hetero) is 1. The Morgan fingerprint density at radius 3 is 3.03 bits per heavy atom. The van der Waals surface area contributed by atoms with Gasteiger partial charge in [-0.15, -0.1) is 0 Å². The zero-order valence-corrected chi connectivity index (χ0v) is 18.2. The molecule has 168 valence electrons. The molecule has 33 heavy (non-hydrogen) atoms. The number of fused-ring (bicyclic) bond motifs is 2. The van der Waals surface area contributed by atoms with E-state index in [-0.39, 0.29) is 17.7 Å². The largest absolute Gasteiger partial charge is 0.491 e. The fraction of sp³-hybridized carbons (Fsp3) is 0.375. The van der Waals surface area contributed by atoms with Crippen molar-refractivity contribution in [1.82, 2.24) is 30.1 Å². The molecular weight excluding hydrogens is 418 g/mol. The van der Waals surface area contributed by atoms with Gasteiger partial charge in [-0.2, -0.15) is 5.10 Å². The van der Waals surface area contributed by atoms with Crippen LogP contribution in [0.15, 0.2) is 43.1 Å². The first-order valence-electron chi connectivity index (χ1n) is 11.5. The van der Waals surface area contributed by atoms with Gasteiger partial charge in [-0.05, 0) is 37.8 Å². The molecule has 0 spiro atoms. The lowest BCUT2D eigenvalue weighted by Crippen LogP contribution is -2.35. The fourth-order valence-corrected chi connectivity index (χ4v) is 5.15. The summed E-state index contributed by atoms with van der Waals surface area (Å²) in [5.74, 6) is 1.82. The zero-order chi connectivity index (χ0) is 22.2. The van der Waals surface area contributed by atoms with Crippen LogP contribution in [0.25, 0.3) is 11.2 Å². The average molecular weight is 444 g/mol. The summed E-state index contributed by atoms with van der Waals surface area (Å²) < 4.78 is 6.34. The van der Waals surface area contributed by atoms with Crippen LogP contribution in [-0.4, -0.2) is 55.1 Å². The third kappa shape index (κ3) is 3.63. The van der Waals surface area contributed by atoms with E-state index in [1.54, 1.807) is 18.9 Å². The minimum absolute atomic E-state index is 0.0320. The van der Waals surface area contributed by atoms with Crippen molar-refractivity contribution in [2.45, 2.75) is 38.1 Å². The standard InChI is InChI=1S/C24H25N7O2/c32-22-15(11-16-8-9-29-30-16)6-7-18-19(22)4-1-5-20(18)33-12-17-3-2-10-31(17)24-21-23(26-13-25-21)27-14-28-24/h1,4-5,8-9,13-15,17H,2-3,6-7,10-12H2,(H,29,30)(H,25,26,27,28). The molecule has 2 atom stereocenters. The predicted octanol–water partition coefficient (Wildman–Crippen LogP) is 3.11. The van der Waals surface area contributed by atoms with Crippen LogP contribution < -0.4 is 9.64 Å². The number of carbonyl (C=O) groups is 1. The molecule has 9 heteroatoms. The Morgan fingerprint density at radius 2 is 2.12 bits per heavy atom. The van der Waals surface area contributed by atoms with Crippen molar-refractivity contribution in [3.05, 3.63) is 59.9 Å². The Hall–Kier alpha value is -3.75. The molecule has 1 aromatic carbocycles. The summed E-state index contributed by atoms with van der Waals surface area (Å²) in [6.07, 6.45) is 9.44. The van der Waals surface area contributed by atoms with Crippen molar-refractivity contribution >= 4 is 22.8 Å². The number of nitrogens with zero attached hydrogens (tertiary/aromatic N) is 5. The molecule has 9 nitrogen and oxygen atoms in total. The predicted molar refractivity (Wildman–Crippen MR) is 122 cm³/mol. The molecular formula is C24H25N7O2. The number of imidazole rings is 1. The van der Waals surface area contributed by atoms with E-state index in [1.165, 1.54) is 0 Å². The minimum Gasteiger partial charge on any atom is -0.491 e. The number of hydrogen-bond donors (Lipinski definition) is 2. The molecule has 2 aliphatic rings. The van der Waals surface area contributed by atoms with Crippen molar-refractivity contribution in [2.24, 2.45) is 5.92 Å². The highest BCUT2D eigenvalue weighted by molar-refractivity contribution is 6.01. The van der Waals surface area contributed by atoms with Gasteiger partial charge in [-0.3, -0.25) is 9.89 Å². The van der Waals surface area contributed by atoms with E-state index < -0.39 is 0 Å². The summed E-state index contributed by atoms with van der Waals surface area (Å²) in [4.78, 5) is 31.7. The van der Waals surface area contributed by atoms with Gasteiger partial charge < -0.3 is 14.6 Å². The lowest BCUT2D eigenvalue weighted by molar-refractivity contribution is 0.0899. The highest BCUT2D eigenvalue weighted by atomic mass is 16.5. The number of nitrogens with one attached hydrogen (secondary N) is 2. The van der Waals surface area contributed by atoms with E-state index >= 15 is 0 Å². The number of hydrogen-bond acceptors (Lipinski definition) is 7. The summed E-state index contributed by atoms with van der Waals surface area (Å²) in [5, 5.41) is 7.05. The number of ketones is 1. The van der Waals surface area contributed by atoms with Crippen molar-refractivity contribution < 1.29 is 9.53 Å². The number of ether oxygens (including phenoxy) is 1. The first-order chi connectivity index (χ1) is 16.3. The number of anilines is 1. The molecule has 1 aliphatic heterocycles. The number of aromatic nitrogens is 6. The van der Waals surface area contributed by atoms with Crippen LogP contribution in [0.1, 0.15) is 40.9 Å². The van der Waals surface area contributed by atoms with Gasteiger partial charge in [0, 0.05) is 36.2 Å². The number of rotatable bonds is 6. The minimum atomic E-state index is -0.0320. The van der Waals surface area contributed by atoms with E-state index in [2.05, 4.69) is 35.0 Å². The molecule has 2 unspecified atom stereocenters. The molecule has 2 N–H and O–H groups in total. The molecule has 1 saturated heterocycles. The average Bonchev–Trinajstić information content (AvgIpc) is 3.61. The Labute approximate surface area is 190 Å². The summed E-state index contributed by atoms with van der Waals surface area (Å²) >= 11 is 0. The van der Waals surface area contributed by atoms with Crippen LogP contribution in [0, 0.1) is 5.92 Å². The number of aromatic amines is 2. The first-order valence-corrected chi connectivity index (χ1v) is 11.5. The van der Waals surface area contributed by atoms with E-state index in [0.29, 0.717) is 13.0 Å². The third-order valence-corrected chi connectivity index (χ3v) is 6.80. The molecule has 6 rings (SSSR count). The van der Waals surface area contributed by atoms with Crippen molar-refractivity contribution in [3.8, 4) is 5.75 Å². The zero-order valence-electron chi connectivity index (χ0n) is 18.2. The Bertz CT molecular complexity index is 1280. The van der Waals surface area contributed by atoms with E-state index in [9.17, 15) is 4.79 Å². The summed E-state index contributed by atoms with van der Waals surface area (Å²) in [7, 11) is 0. The molecule has 1 fully saturated rings. The quantitative estimate of drug-likeness (QED) is 0.471. The highest BCUT2D eigenvalue weighted by Gasteiger charge is 2.31.